The van der Waals surface area contributed by atoms with E-state index in [-0.39, 0.29) is 36.6 Å². The Hall–Kier alpha value is 0.250. The predicted molar refractivity (Wildman–Crippen MR) is 106 cm³/mol. The second-order valence-corrected chi connectivity index (χ2v) is 7.23. The van der Waals surface area contributed by atoms with Crippen LogP contribution < -0.4 is 5.32 Å². The lowest BCUT2D eigenvalue weighted by Crippen LogP contribution is -2.47. The fraction of sp³-hybridized carbons (Fsp3) is 0.625. The van der Waals surface area contributed by atoms with Gasteiger partial charge in [0.15, 0.2) is 0 Å². The van der Waals surface area contributed by atoms with Crippen molar-refractivity contribution in [2.24, 2.45) is 5.92 Å². The summed E-state index contributed by atoms with van der Waals surface area (Å²) < 4.78 is 6.46. The Morgan fingerprint density at radius 1 is 1.21 bits per heavy atom. The standard InChI is InChI=1S/C16H22BrClN2O2.2ClH/c17-12-1-2-13(18)16(21)14(12)15(11-3-9-22-10-4-11)20-7-5-19-6-8-20;;/h1-2,11,15,19,21H,3-10H2;2*1H/t15-;;/m1../s1. The minimum absolute atomic E-state index is 0. The summed E-state index contributed by atoms with van der Waals surface area (Å²) in [6.45, 7) is 5.54. The monoisotopic (exact) mass is 460 g/mol. The number of phenols is 1. The SMILES string of the molecule is Cl.Cl.Oc1c(Cl)ccc(Br)c1[C@@H](C1CCOCC1)N1CCNCC1. The van der Waals surface area contributed by atoms with Crippen LogP contribution in [-0.2, 0) is 4.74 Å². The number of rotatable bonds is 3. The molecule has 8 heteroatoms. The summed E-state index contributed by atoms with van der Waals surface area (Å²) in [5.41, 5.74) is 0.932. The molecule has 0 spiro atoms. The van der Waals surface area contributed by atoms with E-state index in [1.807, 2.05) is 6.07 Å². The minimum atomic E-state index is 0. The normalized spacial score (nSPS) is 20.8. The van der Waals surface area contributed by atoms with Crippen LogP contribution in [0.1, 0.15) is 24.4 Å². The number of hydrogen-bond acceptors (Lipinski definition) is 4. The zero-order valence-electron chi connectivity index (χ0n) is 13.3. The number of benzene rings is 1. The predicted octanol–water partition coefficient (Wildman–Crippen LogP) is 4.02. The molecule has 0 saturated carbocycles. The topological polar surface area (TPSA) is 44.7 Å². The van der Waals surface area contributed by atoms with Crippen LogP contribution in [0.5, 0.6) is 5.75 Å². The van der Waals surface area contributed by atoms with Crippen molar-refractivity contribution in [1.82, 2.24) is 10.2 Å². The van der Waals surface area contributed by atoms with E-state index in [0.29, 0.717) is 10.9 Å². The molecule has 2 heterocycles. The van der Waals surface area contributed by atoms with Gasteiger partial charge < -0.3 is 15.2 Å². The zero-order chi connectivity index (χ0) is 15.5. The van der Waals surface area contributed by atoms with E-state index in [4.69, 9.17) is 16.3 Å². The Morgan fingerprint density at radius 3 is 2.46 bits per heavy atom. The number of nitrogens with zero attached hydrogens (tertiary/aromatic N) is 1. The van der Waals surface area contributed by atoms with Gasteiger partial charge in [0, 0.05) is 55.5 Å². The number of halogens is 4. The summed E-state index contributed by atoms with van der Waals surface area (Å²) in [5, 5.41) is 14.4. The Labute approximate surface area is 169 Å². The second-order valence-electron chi connectivity index (χ2n) is 5.97. The maximum Gasteiger partial charge on any atom is 0.140 e. The van der Waals surface area contributed by atoms with E-state index >= 15 is 0 Å². The van der Waals surface area contributed by atoms with Crippen LogP contribution in [0.25, 0.3) is 0 Å². The van der Waals surface area contributed by atoms with Gasteiger partial charge in [-0.15, -0.1) is 24.8 Å². The average molecular weight is 463 g/mol. The molecule has 1 atom stereocenters. The van der Waals surface area contributed by atoms with Crippen LogP contribution in [0.15, 0.2) is 16.6 Å². The Morgan fingerprint density at radius 2 is 1.83 bits per heavy atom. The molecule has 4 nitrogen and oxygen atoms in total. The highest BCUT2D eigenvalue weighted by atomic mass is 79.9. The van der Waals surface area contributed by atoms with E-state index in [0.717, 1.165) is 62.3 Å². The molecular formula is C16H24BrCl3N2O2. The third-order valence-corrected chi connectivity index (χ3v) is 5.66. The highest BCUT2D eigenvalue weighted by Gasteiger charge is 2.34. The van der Waals surface area contributed by atoms with Gasteiger partial charge in [-0.3, -0.25) is 4.90 Å². The molecule has 0 amide bonds. The van der Waals surface area contributed by atoms with E-state index in [1.165, 1.54) is 0 Å². The Bertz CT molecular complexity index is 506. The molecule has 1 aromatic rings. The van der Waals surface area contributed by atoms with E-state index < -0.39 is 0 Å². The number of piperazine rings is 1. The number of ether oxygens (including phenoxy) is 1. The minimum Gasteiger partial charge on any atom is -0.506 e. The first-order valence-electron chi connectivity index (χ1n) is 7.88. The van der Waals surface area contributed by atoms with Crippen molar-refractivity contribution < 1.29 is 9.84 Å². The molecule has 2 fully saturated rings. The molecule has 0 aliphatic carbocycles. The van der Waals surface area contributed by atoms with Gasteiger partial charge in [-0.2, -0.15) is 0 Å². The molecule has 0 bridgehead atoms. The molecule has 138 valence electrons. The van der Waals surface area contributed by atoms with Crippen LogP contribution in [0.2, 0.25) is 5.02 Å². The molecule has 0 radical (unpaired) electrons. The van der Waals surface area contributed by atoms with Crippen molar-refractivity contribution in [2.75, 3.05) is 39.4 Å². The first-order chi connectivity index (χ1) is 10.7. The van der Waals surface area contributed by atoms with Crippen LogP contribution in [0, 0.1) is 5.92 Å². The van der Waals surface area contributed by atoms with Crippen molar-refractivity contribution in [2.45, 2.75) is 18.9 Å². The average Bonchev–Trinajstić information content (AvgIpc) is 2.57. The quantitative estimate of drug-likeness (QED) is 0.712. The van der Waals surface area contributed by atoms with Crippen molar-refractivity contribution in [3.8, 4) is 5.75 Å². The van der Waals surface area contributed by atoms with Crippen LogP contribution in [-0.4, -0.2) is 49.4 Å². The highest BCUT2D eigenvalue weighted by molar-refractivity contribution is 9.10. The molecule has 2 aliphatic rings. The lowest BCUT2D eigenvalue weighted by molar-refractivity contribution is 0.0204. The summed E-state index contributed by atoms with van der Waals surface area (Å²) in [7, 11) is 0. The van der Waals surface area contributed by atoms with E-state index in [9.17, 15) is 5.11 Å². The van der Waals surface area contributed by atoms with E-state index in [2.05, 4.69) is 26.1 Å². The first kappa shape index (κ1) is 22.3. The fourth-order valence-corrected chi connectivity index (χ4v) is 4.27. The van der Waals surface area contributed by atoms with Gasteiger partial charge in [0.25, 0.3) is 0 Å². The van der Waals surface area contributed by atoms with Gasteiger partial charge in [0.1, 0.15) is 5.75 Å². The number of phenolic OH excluding ortho intramolecular Hbond substituents is 1. The molecule has 3 rings (SSSR count). The largest absolute Gasteiger partial charge is 0.506 e. The van der Waals surface area contributed by atoms with Gasteiger partial charge in [-0.05, 0) is 30.9 Å². The van der Waals surface area contributed by atoms with E-state index in [1.54, 1.807) is 6.07 Å². The molecule has 2 aliphatic heterocycles. The molecule has 2 saturated heterocycles. The fourth-order valence-electron chi connectivity index (χ4n) is 3.55. The number of hydrogen-bond donors (Lipinski definition) is 2. The Balaban J connectivity index is 0.00000144. The first-order valence-corrected chi connectivity index (χ1v) is 9.05. The maximum atomic E-state index is 10.6. The van der Waals surface area contributed by atoms with Crippen LogP contribution in [0.4, 0.5) is 0 Å². The molecule has 24 heavy (non-hydrogen) atoms. The van der Waals surface area contributed by atoms with Gasteiger partial charge in [-0.25, -0.2) is 0 Å². The van der Waals surface area contributed by atoms with Crippen molar-refractivity contribution in [1.29, 1.82) is 0 Å². The maximum absolute atomic E-state index is 10.6. The molecule has 0 unspecified atom stereocenters. The number of nitrogens with one attached hydrogen (secondary N) is 1. The summed E-state index contributed by atoms with van der Waals surface area (Å²) in [5.74, 6) is 0.693. The number of aromatic hydroxyl groups is 1. The zero-order valence-corrected chi connectivity index (χ0v) is 17.3. The summed E-state index contributed by atoms with van der Waals surface area (Å²) in [4.78, 5) is 2.47. The molecule has 0 aromatic heterocycles. The molecular weight excluding hydrogens is 438 g/mol. The van der Waals surface area contributed by atoms with Gasteiger partial charge in [-0.1, -0.05) is 27.5 Å². The highest BCUT2D eigenvalue weighted by Crippen LogP contribution is 2.45. The summed E-state index contributed by atoms with van der Waals surface area (Å²) in [6, 6.07) is 3.86. The second kappa shape index (κ2) is 10.4. The van der Waals surface area contributed by atoms with Crippen molar-refractivity contribution >= 4 is 52.3 Å². The molecule has 1 aromatic carbocycles. The van der Waals surface area contributed by atoms with Gasteiger partial charge in [0.05, 0.1) is 5.02 Å². The van der Waals surface area contributed by atoms with Crippen molar-refractivity contribution in [3.63, 3.8) is 0 Å². The third-order valence-electron chi connectivity index (χ3n) is 4.67. The lowest BCUT2D eigenvalue weighted by Gasteiger charge is -2.41. The molecule has 2 N–H and O–H groups in total. The van der Waals surface area contributed by atoms with Crippen LogP contribution in [0.3, 0.4) is 0 Å². The van der Waals surface area contributed by atoms with Crippen LogP contribution >= 0.6 is 52.3 Å². The smallest absolute Gasteiger partial charge is 0.140 e. The van der Waals surface area contributed by atoms with Crippen molar-refractivity contribution in [3.05, 3.63) is 27.2 Å². The summed E-state index contributed by atoms with van der Waals surface area (Å²) in [6.07, 6.45) is 2.04. The third kappa shape index (κ3) is 4.91. The lowest BCUT2D eigenvalue weighted by atomic mass is 9.85. The Kier molecular flexibility index (Phi) is 9.67. The van der Waals surface area contributed by atoms with Gasteiger partial charge >= 0.3 is 0 Å². The van der Waals surface area contributed by atoms with Gasteiger partial charge in [0.2, 0.25) is 0 Å². The summed E-state index contributed by atoms with van der Waals surface area (Å²) >= 11 is 9.80.